The van der Waals surface area contributed by atoms with Gasteiger partial charge in [0.2, 0.25) is 0 Å². The monoisotopic (exact) mass is 372 g/mol. The quantitative estimate of drug-likeness (QED) is 0.861. The van der Waals surface area contributed by atoms with Crippen LogP contribution in [0.1, 0.15) is 24.5 Å². The van der Waals surface area contributed by atoms with Crippen LogP contribution in [-0.2, 0) is 14.6 Å². The first-order chi connectivity index (χ1) is 11.4. The molecule has 6 nitrogen and oxygen atoms in total. The van der Waals surface area contributed by atoms with Gasteiger partial charge in [0.1, 0.15) is 6.10 Å². The van der Waals surface area contributed by atoms with Crippen LogP contribution in [0.5, 0.6) is 0 Å². The summed E-state index contributed by atoms with van der Waals surface area (Å²) in [6.45, 7) is 1.38. The number of rotatable bonds is 2. The van der Waals surface area contributed by atoms with Crippen molar-refractivity contribution >= 4 is 27.5 Å². The molecule has 1 N–H and O–H groups in total. The molecule has 2 aliphatic heterocycles. The number of ether oxygens (including phenoxy) is 1. The Kier molecular flexibility index (Phi) is 5.32. The van der Waals surface area contributed by atoms with E-state index in [1.807, 2.05) is 12.1 Å². The number of hydrogen-bond acceptors (Lipinski definition) is 4. The second-order valence-electron chi connectivity index (χ2n) is 6.26. The molecule has 1 aromatic carbocycles. The number of hydrogen-bond donors (Lipinski definition) is 1. The Morgan fingerprint density at radius 3 is 2.75 bits per heavy atom. The first kappa shape index (κ1) is 17.5. The van der Waals surface area contributed by atoms with Crippen LogP contribution in [0, 0.1) is 0 Å². The molecule has 0 aromatic heterocycles. The maximum absolute atomic E-state index is 12.5. The number of carbonyl (C=O) groups is 1. The molecule has 2 atom stereocenters. The van der Waals surface area contributed by atoms with E-state index in [0.717, 1.165) is 5.56 Å². The van der Waals surface area contributed by atoms with Crippen LogP contribution >= 0.6 is 11.6 Å². The topological polar surface area (TPSA) is 75.7 Å². The first-order valence-electron chi connectivity index (χ1n) is 8.06. The lowest BCUT2D eigenvalue weighted by molar-refractivity contribution is -0.0157. The summed E-state index contributed by atoms with van der Waals surface area (Å²) in [5, 5.41) is 3.51. The predicted molar refractivity (Wildman–Crippen MR) is 91.9 cm³/mol. The van der Waals surface area contributed by atoms with E-state index in [1.165, 1.54) is 0 Å². The molecule has 24 heavy (non-hydrogen) atoms. The van der Waals surface area contributed by atoms with Crippen LogP contribution in [0.25, 0.3) is 0 Å². The highest BCUT2D eigenvalue weighted by Crippen LogP contribution is 2.24. The Morgan fingerprint density at radius 2 is 2.04 bits per heavy atom. The minimum atomic E-state index is -3.04. The van der Waals surface area contributed by atoms with Crippen molar-refractivity contribution in [3.8, 4) is 0 Å². The lowest BCUT2D eigenvalue weighted by Crippen LogP contribution is -2.52. The number of morpholine rings is 1. The molecular formula is C16H21ClN2O4S. The summed E-state index contributed by atoms with van der Waals surface area (Å²) in [6, 6.07) is 6.86. The lowest BCUT2D eigenvalue weighted by Gasteiger charge is -2.34. The second-order valence-corrected chi connectivity index (χ2v) is 8.93. The van der Waals surface area contributed by atoms with Crippen LogP contribution in [0.3, 0.4) is 0 Å². The summed E-state index contributed by atoms with van der Waals surface area (Å²) < 4.78 is 29.1. The van der Waals surface area contributed by atoms with Crippen molar-refractivity contribution in [1.29, 1.82) is 0 Å². The van der Waals surface area contributed by atoms with Gasteiger partial charge < -0.3 is 15.0 Å². The van der Waals surface area contributed by atoms with E-state index in [2.05, 4.69) is 5.32 Å². The number of carbonyl (C=O) groups excluding carboxylic acids is 1. The number of urea groups is 1. The number of benzene rings is 1. The van der Waals surface area contributed by atoms with E-state index in [4.69, 9.17) is 16.3 Å². The van der Waals surface area contributed by atoms with Crippen molar-refractivity contribution in [3.63, 3.8) is 0 Å². The lowest BCUT2D eigenvalue weighted by atomic mass is 10.1. The molecule has 2 amide bonds. The number of nitrogens with one attached hydrogen (secondary N) is 1. The molecule has 1 aromatic rings. The summed E-state index contributed by atoms with van der Waals surface area (Å²) in [5.74, 6) is 0.249. The second kappa shape index (κ2) is 7.29. The van der Waals surface area contributed by atoms with Crippen LogP contribution in [0.4, 0.5) is 4.79 Å². The smallest absolute Gasteiger partial charge is 0.317 e. The van der Waals surface area contributed by atoms with E-state index in [1.54, 1.807) is 17.0 Å². The largest absolute Gasteiger partial charge is 0.370 e. The Balaban J connectivity index is 1.59. The van der Waals surface area contributed by atoms with Crippen molar-refractivity contribution in [3.05, 3.63) is 34.9 Å². The molecule has 132 valence electrons. The minimum Gasteiger partial charge on any atom is -0.370 e. The standard InChI is InChI=1S/C16H21ClN2O4S/c17-13-5-3-12(4-6-13)15-10-19(7-8-23-15)16(20)18-14-2-1-9-24(21,22)11-14/h3-6,14-15H,1-2,7-11H2,(H,18,20). The first-order valence-corrected chi connectivity index (χ1v) is 10.3. The van der Waals surface area contributed by atoms with Gasteiger partial charge in [-0.15, -0.1) is 0 Å². The maximum atomic E-state index is 12.5. The van der Waals surface area contributed by atoms with Gasteiger partial charge in [-0.2, -0.15) is 0 Å². The van der Waals surface area contributed by atoms with E-state index in [-0.39, 0.29) is 29.7 Å². The van der Waals surface area contributed by atoms with Gasteiger partial charge in [-0.3, -0.25) is 0 Å². The van der Waals surface area contributed by atoms with Crippen molar-refractivity contribution in [1.82, 2.24) is 10.2 Å². The van der Waals surface area contributed by atoms with Crippen molar-refractivity contribution in [2.45, 2.75) is 25.0 Å². The molecule has 2 fully saturated rings. The average molecular weight is 373 g/mol. The van der Waals surface area contributed by atoms with Crippen LogP contribution in [0.2, 0.25) is 5.02 Å². The molecular weight excluding hydrogens is 352 g/mol. The average Bonchev–Trinajstić information content (AvgIpc) is 2.55. The zero-order valence-corrected chi connectivity index (χ0v) is 14.9. The Bertz CT molecular complexity index is 693. The van der Waals surface area contributed by atoms with Gasteiger partial charge in [-0.25, -0.2) is 13.2 Å². The highest BCUT2D eigenvalue weighted by Gasteiger charge is 2.30. The van der Waals surface area contributed by atoms with Gasteiger partial charge in [0.15, 0.2) is 9.84 Å². The molecule has 8 heteroatoms. The molecule has 0 aliphatic carbocycles. The maximum Gasteiger partial charge on any atom is 0.317 e. The fraction of sp³-hybridized carbons (Fsp3) is 0.562. The number of halogens is 1. The third-order valence-electron chi connectivity index (χ3n) is 4.39. The predicted octanol–water partition coefficient (Wildman–Crippen LogP) is 2.00. The van der Waals surface area contributed by atoms with Gasteiger partial charge >= 0.3 is 6.03 Å². The van der Waals surface area contributed by atoms with Gasteiger partial charge in [0.05, 0.1) is 24.7 Å². The van der Waals surface area contributed by atoms with Gasteiger partial charge in [-0.1, -0.05) is 23.7 Å². The number of nitrogens with zero attached hydrogens (tertiary/aromatic N) is 1. The molecule has 2 aliphatic rings. The van der Waals surface area contributed by atoms with E-state index >= 15 is 0 Å². The highest BCUT2D eigenvalue weighted by atomic mass is 35.5. The SMILES string of the molecule is O=C(NC1CCCS(=O)(=O)C1)N1CCOC(c2ccc(Cl)cc2)C1. The van der Waals surface area contributed by atoms with Crippen molar-refractivity contribution in [2.24, 2.45) is 0 Å². The van der Waals surface area contributed by atoms with E-state index in [0.29, 0.717) is 37.6 Å². The molecule has 2 unspecified atom stereocenters. The molecule has 0 spiro atoms. The molecule has 0 bridgehead atoms. The van der Waals surface area contributed by atoms with E-state index < -0.39 is 9.84 Å². The normalized spacial score (nSPS) is 26.8. The summed E-state index contributed by atoms with van der Waals surface area (Å²) >= 11 is 5.90. The van der Waals surface area contributed by atoms with E-state index in [9.17, 15) is 13.2 Å². The summed E-state index contributed by atoms with van der Waals surface area (Å²) in [7, 11) is -3.04. The zero-order valence-electron chi connectivity index (χ0n) is 13.3. The summed E-state index contributed by atoms with van der Waals surface area (Å²) in [4.78, 5) is 14.1. The van der Waals surface area contributed by atoms with Crippen LogP contribution in [0.15, 0.2) is 24.3 Å². The Labute approximate surface area is 147 Å². The third kappa shape index (κ3) is 4.40. The van der Waals surface area contributed by atoms with Crippen LogP contribution < -0.4 is 5.32 Å². The fourth-order valence-corrected chi connectivity index (χ4v) is 4.88. The highest BCUT2D eigenvalue weighted by molar-refractivity contribution is 7.91. The molecule has 2 heterocycles. The van der Waals surface area contributed by atoms with Crippen LogP contribution in [-0.4, -0.2) is 56.6 Å². The molecule has 0 saturated carbocycles. The number of amides is 2. The molecule has 3 rings (SSSR count). The minimum absolute atomic E-state index is 0.0314. The molecule has 2 saturated heterocycles. The fourth-order valence-electron chi connectivity index (χ4n) is 3.12. The summed E-state index contributed by atoms with van der Waals surface area (Å²) in [6.07, 6.45) is 1.11. The summed E-state index contributed by atoms with van der Waals surface area (Å²) in [5.41, 5.74) is 0.970. The van der Waals surface area contributed by atoms with Gasteiger partial charge in [0, 0.05) is 17.6 Å². The number of sulfone groups is 1. The van der Waals surface area contributed by atoms with Crippen molar-refractivity contribution in [2.75, 3.05) is 31.2 Å². The Morgan fingerprint density at radius 1 is 1.29 bits per heavy atom. The third-order valence-corrected chi connectivity index (χ3v) is 6.46. The van der Waals surface area contributed by atoms with Gasteiger partial charge in [-0.05, 0) is 30.5 Å². The van der Waals surface area contributed by atoms with Gasteiger partial charge in [0.25, 0.3) is 0 Å². The van der Waals surface area contributed by atoms with Crippen molar-refractivity contribution < 1.29 is 17.9 Å². The zero-order chi connectivity index (χ0) is 17.2. The Hall–Kier alpha value is -1.31. The molecule has 0 radical (unpaired) electrons.